The van der Waals surface area contributed by atoms with Crippen LogP contribution in [0.1, 0.15) is 71.7 Å². The Morgan fingerprint density at radius 3 is 2.07 bits per heavy atom. The monoisotopic (exact) mass is 630 g/mol. The summed E-state index contributed by atoms with van der Waals surface area (Å²) in [7, 11) is 0. The van der Waals surface area contributed by atoms with Crippen LogP contribution < -0.4 is 0 Å². The zero-order valence-corrected chi connectivity index (χ0v) is 26.6. The average Bonchev–Trinajstić information content (AvgIpc) is 3.18. The predicted molar refractivity (Wildman–Crippen MR) is 155 cm³/mol. The van der Waals surface area contributed by atoms with Gasteiger partial charge in [-0.05, 0) is 50.5 Å². The number of rotatable bonds is 6. The molecular weight excluding hydrogens is 588 g/mol. The third kappa shape index (κ3) is 4.88. The highest BCUT2D eigenvalue weighted by molar-refractivity contribution is 5.89. The lowest BCUT2D eigenvalue weighted by Crippen LogP contribution is -2.79. The Hall–Kier alpha value is -3.32. The first-order valence-corrected chi connectivity index (χ1v) is 15.1. The summed E-state index contributed by atoms with van der Waals surface area (Å²) in [6, 6.07) is 8.10. The first-order chi connectivity index (χ1) is 20.9. The summed E-state index contributed by atoms with van der Waals surface area (Å²) >= 11 is 0. The molecule has 0 amide bonds. The van der Waals surface area contributed by atoms with E-state index in [1.807, 2.05) is 0 Å². The zero-order valence-electron chi connectivity index (χ0n) is 26.6. The van der Waals surface area contributed by atoms with Crippen molar-refractivity contribution in [1.29, 1.82) is 0 Å². The van der Waals surface area contributed by atoms with Crippen LogP contribution in [-0.2, 0) is 38.1 Å². The van der Waals surface area contributed by atoms with Crippen molar-refractivity contribution in [3.63, 3.8) is 0 Å². The molecule has 0 spiro atoms. The number of fused-ring (bicyclic) bond motifs is 4. The highest BCUT2D eigenvalue weighted by Gasteiger charge is 2.80. The maximum Gasteiger partial charge on any atom is 0.338 e. The van der Waals surface area contributed by atoms with Gasteiger partial charge in [0.15, 0.2) is 5.60 Å². The number of aliphatic hydroxyl groups is 3. The summed E-state index contributed by atoms with van der Waals surface area (Å²) in [5, 5.41) is 35.9. The zero-order chi connectivity index (χ0) is 33.3. The fourth-order valence-electron chi connectivity index (χ4n) is 8.71. The average molecular weight is 631 g/mol. The highest BCUT2D eigenvalue weighted by Crippen LogP contribution is 2.68. The quantitative estimate of drug-likeness (QED) is 0.237. The molecule has 1 aromatic rings. The van der Waals surface area contributed by atoms with E-state index in [0.29, 0.717) is 5.57 Å². The lowest BCUT2D eigenvalue weighted by Gasteiger charge is -2.65. The molecule has 0 unspecified atom stereocenters. The molecule has 0 radical (unpaired) electrons. The molecule has 1 heterocycles. The third-order valence-corrected chi connectivity index (χ3v) is 10.5. The van der Waals surface area contributed by atoms with Gasteiger partial charge in [-0.3, -0.25) is 14.4 Å². The molecule has 4 aliphatic rings. The summed E-state index contributed by atoms with van der Waals surface area (Å²) < 4.78 is 30.3. The van der Waals surface area contributed by atoms with Crippen molar-refractivity contribution in [2.75, 3.05) is 6.61 Å². The first kappa shape index (κ1) is 33.1. The number of hydrogen-bond acceptors (Lipinski definition) is 12. The summed E-state index contributed by atoms with van der Waals surface area (Å²) in [5.74, 6) is -4.08. The number of hydrogen-bond donors (Lipinski definition) is 3. The Morgan fingerprint density at radius 2 is 1.56 bits per heavy atom. The molecule has 1 aliphatic heterocycles. The Bertz CT molecular complexity index is 1410. The molecule has 3 aliphatic carbocycles. The van der Waals surface area contributed by atoms with Crippen molar-refractivity contribution in [3.8, 4) is 0 Å². The van der Waals surface area contributed by atoms with E-state index in [2.05, 4.69) is 0 Å². The van der Waals surface area contributed by atoms with E-state index in [1.165, 1.54) is 34.6 Å². The number of ether oxygens (including phenoxy) is 5. The molecule has 246 valence electrons. The summed E-state index contributed by atoms with van der Waals surface area (Å²) in [4.78, 5) is 52.1. The molecule has 0 aromatic heterocycles. The van der Waals surface area contributed by atoms with Crippen molar-refractivity contribution in [2.45, 2.75) is 109 Å². The minimum atomic E-state index is -1.78. The van der Waals surface area contributed by atoms with Crippen LogP contribution in [-0.4, -0.2) is 93.6 Å². The predicted octanol–water partition coefficient (Wildman–Crippen LogP) is 2.02. The van der Waals surface area contributed by atoms with Gasteiger partial charge in [-0.15, -0.1) is 0 Å². The van der Waals surface area contributed by atoms with E-state index in [-0.39, 0.29) is 30.6 Å². The fraction of sp³-hybridized carbons (Fsp3) is 0.636. The molecule has 1 aromatic carbocycles. The highest BCUT2D eigenvalue weighted by atomic mass is 16.6. The maximum absolute atomic E-state index is 13.8. The first-order valence-electron chi connectivity index (χ1n) is 15.1. The van der Waals surface area contributed by atoms with Crippen molar-refractivity contribution >= 4 is 23.9 Å². The smallest absolute Gasteiger partial charge is 0.338 e. The number of carbonyl (C=O) groups excluding carboxylic acids is 4. The van der Waals surface area contributed by atoms with Crippen LogP contribution in [0, 0.1) is 16.7 Å². The molecule has 12 nitrogen and oxygen atoms in total. The van der Waals surface area contributed by atoms with Gasteiger partial charge in [-0.1, -0.05) is 25.1 Å². The molecule has 3 N–H and O–H groups in total. The molecule has 12 heteroatoms. The van der Waals surface area contributed by atoms with E-state index in [1.54, 1.807) is 44.2 Å². The van der Waals surface area contributed by atoms with Gasteiger partial charge in [0, 0.05) is 27.2 Å². The lowest BCUT2D eigenvalue weighted by atomic mass is 9.49. The summed E-state index contributed by atoms with van der Waals surface area (Å²) in [5.41, 5.74) is -6.00. The van der Waals surface area contributed by atoms with E-state index in [0.717, 1.165) is 0 Å². The van der Waals surface area contributed by atoms with Crippen LogP contribution in [0.15, 0.2) is 41.5 Å². The van der Waals surface area contributed by atoms with Crippen molar-refractivity contribution < 1.29 is 58.2 Å². The summed E-state index contributed by atoms with van der Waals surface area (Å²) in [6.07, 6.45) is -7.94. The van der Waals surface area contributed by atoms with Gasteiger partial charge in [-0.2, -0.15) is 0 Å². The van der Waals surface area contributed by atoms with E-state index in [4.69, 9.17) is 23.7 Å². The third-order valence-electron chi connectivity index (χ3n) is 10.5. The Kier molecular flexibility index (Phi) is 8.21. The number of esters is 4. The van der Waals surface area contributed by atoms with Gasteiger partial charge < -0.3 is 39.0 Å². The minimum absolute atomic E-state index is 0.00503. The Balaban J connectivity index is 1.88. The Labute approximate surface area is 261 Å². The molecule has 10 atom stereocenters. The van der Waals surface area contributed by atoms with Crippen LogP contribution in [0.5, 0.6) is 0 Å². The summed E-state index contributed by atoms with van der Waals surface area (Å²) in [6.45, 7) is 9.66. The molecule has 2 saturated carbocycles. The van der Waals surface area contributed by atoms with Crippen molar-refractivity contribution in [1.82, 2.24) is 0 Å². The molecule has 0 bridgehead atoms. The van der Waals surface area contributed by atoms with E-state index in [9.17, 15) is 34.5 Å². The second-order valence-corrected chi connectivity index (χ2v) is 13.5. The second kappa shape index (κ2) is 11.2. The van der Waals surface area contributed by atoms with Crippen LogP contribution in [0.4, 0.5) is 0 Å². The van der Waals surface area contributed by atoms with Gasteiger partial charge >= 0.3 is 23.9 Å². The van der Waals surface area contributed by atoms with Crippen LogP contribution in [0.3, 0.4) is 0 Å². The van der Waals surface area contributed by atoms with Crippen LogP contribution in [0.2, 0.25) is 0 Å². The van der Waals surface area contributed by atoms with Gasteiger partial charge in [0.2, 0.25) is 0 Å². The standard InChI is InChI=1S/C33H42O12/c1-16-21(37)14-32(30(5,6)40)24(16)25(38)27(44-29(39)20-11-9-8-10-12-20)31(7)22(42-17(2)34)13-23-33(15-41-23,45-19(4)36)26(31)28(32)43-18(3)35/h8-12,21-23,25-28,37-38,40H,13-15H2,1-7H3/t21-,22-,23+,25+,26+,27-,28-,31+,32-,33-/m0/s1. The maximum atomic E-state index is 13.8. The topological polar surface area (TPSA) is 175 Å². The normalized spacial score (nSPS) is 38.8. The Morgan fingerprint density at radius 1 is 0.933 bits per heavy atom. The van der Waals surface area contributed by atoms with Gasteiger partial charge in [-0.25, -0.2) is 4.79 Å². The van der Waals surface area contributed by atoms with E-state index < -0.39 is 88.5 Å². The molecule has 3 fully saturated rings. The molecular formula is C33H42O12. The largest absolute Gasteiger partial charge is 0.462 e. The van der Waals surface area contributed by atoms with Crippen molar-refractivity contribution in [3.05, 3.63) is 47.0 Å². The van der Waals surface area contributed by atoms with Gasteiger partial charge in [0.25, 0.3) is 0 Å². The van der Waals surface area contributed by atoms with Crippen LogP contribution in [0.25, 0.3) is 0 Å². The van der Waals surface area contributed by atoms with Gasteiger partial charge in [0.05, 0.1) is 40.6 Å². The minimum Gasteiger partial charge on any atom is -0.462 e. The molecule has 1 saturated heterocycles. The number of benzene rings is 1. The number of carbonyl (C=O) groups is 4. The van der Waals surface area contributed by atoms with Gasteiger partial charge in [0.1, 0.15) is 30.5 Å². The van der Waals surface area contributed by atoms with Crippen LogP contribution >= 0.6 is 0 Å². The lowest BCUT2D eigenvalue weighted by molar-refractivity contribution is -0.352. The fourth-order valence-corrected chi connectivity index (χ4v) is 8.71. The second-order valence-electron chi connectivity index (χ2n) is 13.5. The SMILES string of the molecule is CC(=O)O[C@H]1C[C@H]2OC[C@@]2(OC(C)=O)[C@@H]2[C@H](OC(C)=O)[C@]3(C(C)(C)O)C[C@H](O)C(C)=C3[C@@H](O)[C@H](OC(=O)c3ccccc3)[C@]12C. The number of aliphatic hydroxyl groups excluding tert-OH is 2. The van der Waals surface area contributed by atoms with Crippen molar-refractivity contribution in [2.24, 2.45) is 16.7 Å². The molecule has 45 heavy (non-hydrogen) atoms. The van der Waals surface area contributed by atoms with E-state index >= 15 is 0 Å². The molecule has 5 rings (SSSR count).